The lowest BCUT2D eigenvalue weighted by Gasteiger charge is -2.39. The van der Waals surface area contributed by atoms with E-state index in [0.717, 1.165) is 29.5 Å². The van der Waals surface area contributed by atoms with E-state index in [1.165, 1.54) is 11.8 Å². The Morgan fingerprint density at radius 2 is 2.40 bits per heavy atom. The molecule has 0 N–H and O–H groups in total. The fourth-order valence-corrected chi connectivity index (χ4v) is 4.13. The summed E-state index contributed by atoms with van der Waals surface area (Å²) < 4.78 is 6.68. The number of thioether (sulfide) groups is 1. The van der Waals surface area contributed by atoms with E-state index in [1.807, 2.05) is 24.3 Å². The number of ether oxygens (including phenoxy) is 1. The molecule has 0 unspecified atom stereocenters. The van der Waals surface area contributed by atoms with Crippen LogP contribution in [-0.4, -0.2) is 46.8 Å². The van der Waals surface area contributed by atoms with Gasteiger partial charge in [-0.2, -0.15) is 0 Å². The van der Waals surface area contributed by atoms with E-state index >= 15 is 0 Å². The van der Waals surface area contributed by atoms with E-state index in [4.69, 9.17) is 4.74 Å². The fraction of sp³-hybridized carbons (Fsp3) is 0.714. The van der Waals surface area contributed by atoms with E-state index in [2.05, 4.69) is 18.8 Å². The van der Waals surface area contributed by atoms with E-state index < -0.39 is 0 Å². The maximum absolute atomic E-state index is 12.3. The average Bonchev–Trinajstić information content (AvgIpc) is 2.79. The molecule has 1 aromatic rings. The maximum Gasteiger partial charge on any atom is 0.233 e. The molecule has 0 bridgehead atoms. The zero-order valence-electron chi connectivity index (χ0n) is 12.5. The van der Waals surface area contributed by atoms with Crippen molar-refractivity contribution in [2.24, 2.45) is 0 Å². The first-order valence-corrected chi connectivity index (χ1v) is 8.68. The van der Waals surface area contributed by atoms with E-state index in [9.17, 15) is 4.79 Å². The molecule has 6 heteroatoms. The van der Waals surface area contributed by atoms with Crippen LogP contribution in [0.1, 0.15) is 32.4 Å². The Balaban J connectivity index is 1.85. The Labute approximate surface area is 128 Å². The van der Waals surface area contributed by atoms with Gasteiger partial charge in [0.2, 0.25) is 5.91 Å². The number of hydrogen-bond acceptors (Lipinski definition) is 5. The molecule has 1 aliphatic heterocycles. The molecule has 112 valence electrons. The van der Waals surface area contributed by atoms with E-state index in [0.29, 0.717) is 5.75 Å². The van der Waals surface area contributed by atoms with Crippen LogP contribution in [0.4, 0.5) is 0 Å². The smallest absolute Gasteiger partial charge is 0.233 e. The van der Waals surface area contributed by atoms with Crippen LogP contribution in [0, 0.1) is 6.92 Å². The van der Waals surface area contributed by atoms with Gasteiger partial charge in [0.1, 0.15) is 0 Å². The van der Waals surface area contributed by atoms with E-state index in [1.54, 1.807) is 11.3 Å². The molecule has 1 fully saturated rings. The van der Waals surface area contributed by atoms with Crippen molar-refractivity contribution < 1.29 is 9.53 Å². The largest absolute Gasteiger partial charge is 0.375 e. The highest BCUT2D eigenvalue weighted by atomic mass is 32.2. The number of nitrogens with zero attached hydrogens (tertiary/aromatic N) is 2. The summed E-state index contributed by atoms with van der Waals surface area (Å²) >= 11 is 3.13. The van der Waals surface area contributed by atoms with Gasteiger partial charge in [-0.05, 0) is 33.6 Å². The molecule has 20 heavy (non-hydrogen) atoms. The topological polar surface area (TPSA) is 42.4 Å². The zero-order chi connectivity index (χ0) is 14.8. The maximum atomic E-state index is 12.3. The highest BCUT2D eigenvalue weighted by molar-refractivity contribution is 8.01. The molecule has 4 nitrogen and oxygen atoms in total. The van der Waals surface area contributed by atoms with E-state index in [-0.39, 0.29) is 17.6 Å². The molecule has 1 atom stereocenters. The second-order valence-electron chi connectivity index (χ2n) is 5.80. The van der Waals surface area contributed by atoms with Crippen LogP contribution >= 0.6 is 23.1 Å². The zero-order valence-corrected chi connectivity index (χ0v) is 14.1. The molecule has 0 radical (unpaired) electrons. The van der Waals surface area contributed by atoms with Crippen molar-refractivity contribution in [3.05, 3.63) is 11.1 Å². The van der Waals surface area contributed by atoms with Gasteiger partial charge < -0.3 is 9.64 Å². The summed E-state index contributed by atoms with van der Waals surface area (Å²) in [6.45, 7) is 6.88. The van der Waals surface area contributed by atoms with Crippen molar-refractivity contribution in [3.63, 3.8) is 0 Å². The van der Waals surface area contributed by atoms with Crippen molar-refractivity contribution >= 4 is 29.0 Å². The number of hydrogen-bond donors (Lipinski definition) is 0. The average molecular weight is 314 g/mol. The molecule has 1 aromatic heterocycles. The number of aromatic nitrogens is 1. The first-order valence-electron chi connectivity index (χ1n) is 6.82. The molecule has 1 saturated heterocycles. The minimum Gasteiger partial charge on any atom is -0.375 e. The SMILES string of the molecule is Cc1csc(SCC(=O)N(C)[C@H]2CCOC(C)(C)C2)n1. The molecule has 1 aliphatic rings. The van der Waals surface area contributed by atoms with Gasteiger partial charge in [0.05, 0.1) is 11.4 Å². The van der Waals surface area contributed by atoms with Gasteiger partial charge in [0.25, 0.3) is 0 Å². The van der Waals surface area contributed by atoms with Crippen LogP contribution < -0.4 is 0 Å². The quantitative estimate of drug-likeness (QED) is 0.801. The lowest BCUT2D eigenvalue weighted by atomic mass is 9.93. The van der Waals surface area contributed by atoms with Gasteiger partial charge in [-0.1, -0.05) is 11.8 Å². The van der Waals surface area contributed by atoms with Crippen molar-refractivity contribution in [1.82, 2.24) is 9.88 Å². The number of amides is 1. The summed E-state index contributed by atoms with van der Waals surface area (Å²) in [5, 5.41) is 2.01. The number of thiazole rings is 1. The first kappa shape index (κ1) is 15.8. The summed E-state index contributed by atoms with van der Waals surface area (Å²) in [7, 11) is 1.90. The van der Waals surface area contributed by atoms with Crippen LogP contribution in [0.15, 0.2) is 9.72 Å². The molecule has 0 saturated carbocycles. The van der Waals surface area contributed by atoms with Gasteiger partial charge in [0.15, 0.2) is 4.34 Å². The molecule has 0 aliphatic carbocycles. The third-order valence-electron chi connectivity index (χ3n) is 3.53. The predicted molar refractivity (Wildman–Crippen MR) is 83.4 cm³/mol. The van der Waals surface area contributed by atoms with Crippen molar-refractivity contribution in [2.75, 3.05) is 19.4 Å². The van der Waals surface area contributed by atoms with Gasteiger partial charge in [-0.15, -0.1) is 11.3 Å². The number of rotatable bonds is 4. The molecular formula is C14H22N2O2S2. The third-order valence-corrected chi connectivity index (χ3v) is 5.65. The Morgan fingerprint density at radius 1 is 1.65 bits per heavy atom. The minimum atomic E-state index is -0.128. The Kier molecular flexibility index (Phi) is 5.09. The minimum absolute atomic E-state index is 0.128. The normalized spacial score (nSPS) is 21.7. The number of aryl methyl sites for hydroxylation is 1. The Hall–Kier alpha value is -0.590. The monoisotopic (exact) mass is 314 g/mol. The van der Waals surface area contributed by atoms with Crippen molar-refractivity contribution in [3.8, 4) is 0 Å². The van der Waals surface area contributed by atoms with Crippen molar-refractivity contribution in [2.45, 2.75) is 49.6 Å². The van der Waals surface area contributed by atoms with Crippen LogP contribution in [0.3, 0.4) is 0 Å². The van der Waals surface area contributed by atoms with Gasteiger partial charge >= 0.3 is 0 Å². The second-order valence-corrected chi connectivity index (χ2v) is 7.88. The fourth-order valence-electron chi connectivity index (χ4n) is 2.36. The Morgan fingerprint density at radius 3 is 3.00 bits per heavy atom. The molecule has 2 heterocycles. The standard InChI is InChI=1S/C14H22N2O2S2/c1-10-8-19-13(15-10)20-9-12(17)16(4)11-5-6-18-14(2,3)7-11/h8,11H,5-7,9H2,1-4H3/t11-/m0/s1. The van der Waals surface area contributed by atoms with Crippen LogP contribution in [0.2, 0.25) is 0 Å². The highest BCUT2D eigenvalue weighted by Gasteiger charge is 2.32. The summed E-state index contributed by atoms with van der Waals surface area (Å²) in [4.78, 5) is 18.5. The Bertz CT molecular complexity index is 473. The molecule has 0 spiro atoms. The number of carbonyl (C=O) groups is 1. The summed E-state index contributed by atoms with van der Waals surface area (Å²) in [5.41, 5.74) is 0.890. The van der Waals surface area contributed by atoms with Crippen LogP contribution in [-0.2, 0) is 9.53 Å². The lowest BCUT2D eigenvalue weighted by molar-refractivity contribution is -0.135. The highest BCUT2D eigenvalue weighted by Crippen LogP contribution is 2.28. The van der Waals surface area contributed by atoms with Gasteiger partial charge in [-0.25, -0.2) is 4.98 Å². The lowest BCUT2D eigenvalue weighted by Crippen LogP contribution is -2.47. The third kappa shape index (κ3) is 4.20. The molecule has 2 rings (SSSR count). The summed E-state index contributed by atoms with van der Waals surface area (Å²) in [6, 6.07) is 0.282. The van der Waals surface area contributed by atoms with Gasteiger partial charge in [0, 0.05) is 30.8 Å². The van der Waals surface area contributed by atoms with Crippen LogP contribution in [0.25, 0.3) is 0 Å². The second kappa shape index (κ2) is 6.45. The molecule has 0 aromatic carbocycles. The molecule has 1 amide bonds. The molecular weight excluding hydrogens is 292 g/mol. The summed E-state index contributed by atoms with van der Waals surface area (Å²) in [5.74, 6) is 0.631. The van der Waals surface area contributed by atoms with Crippen LogP contribution in [0.5, 0.6) is 0 Å². The predicted octanol–water partition coefficient (Wildman–Crippen LogP) is 2.96. The first-order chi connectivity index (χ1) is 9.37. The summed E-state index contributed by atoms with van der Waals surface area (Å²) in [6.07, 6.45) is 1.82. The van der Waals surface area contributed by atoms with Crippen molar-refractivity contribution in [1.29, 1.82) is 0 Å². The van der Waals surface area contributed by atoms with Gasteiger partial charge in [-0.3, -0.25) is 4.79 Å². The number of carbonyl (C=O) groups excluding carboxylic acids is 1.